The fourth-order valence-electron chi connectivity index (χ4n) is 4.09. The molecule has 0 aliphatic carbocycles. The van der Waals surface area contributed by atoms with E-state index in [-0.39, 0.29) is 11.2 Å². The van der Waals surface area contributed by atoms with Gasteiger partial charge in [-0.3, -0.25) is 4.79 Å². The van der Waals surface area contributed by atoms with Crippen molar-refractivity contribution in [2.45, 2.75) is 29.9 Å². The summed E-state index contributed by atoms with van der Waals surface area (Å²) in [4.78, 5) is 16.3. The molecule has 4 rings (SSSR count). The lowest BCUT2D eigenvalue weighted by atomic mass is 9.96. The zero-order valence-electron chi connectivity index (χ0n) is 17.9. The van der Waals surface area contributed by atoms with E-state index in [0.29, 0.717) is 18.8 Å². The fraction of sp³-hybridized carbons (Fsp3) is 0.375. The van der Waals surface area contributed by atoms with E-state index in [4.69, 9.17) is 14.2 Å². The first-order valence-corrected chi connectivity index (χ1v) is 11.0. The van der Waals surface area contributed by atoms with Crippen molar-refractivity contribution >= 4 is 23.2 Å². The monoisotopic (exact) mass is 425 g/mol. The van der Waals surface area contributed by atoms with Gasteiger partial charge in [-0.1, -0.05) is 23.8 Å². The molecule has 1 atom stereocenters. The van der Waals surface area contributed by atoms with Gasteiger partial charge in [0.05, 0.1) is 32.1 Å². The van der Waals surface area contributed by atoms with Crippen LogP contribution in [0, 0.1) is 6.92 Å². The van der Waals surface area contributed by atoms with Gasteiger partial charge in [-0.05, 0) is 37.0 Å². The van der Waals surface area contributed by atoms with Crippen LogP contribution in [-0.4, -0.2) is 50.5 Å². The van der Waals surface area contributed by atoms with Crippen molar-refractivity contribution < 1.29 is 19.0 Å². The van der Waals surface area contributed by atoms with E-state index in [1.165, 1.54) is 16.0 Å². The smallest absolute Gasteiger partial charge is 0.236 e. The number of nitrogens with zero attached hydrogens (tertiary/aromatic N) is 1. The number of methoxy groups -OCH3 is 3. The summed E-state index contributed by atoms with van der Waals surface area (Å²) in [5.41, 5.74) is 4.59. The molecule has 0 aromatic heterocycles. The first kappa shape index (κ1) is 20.7. The van der Waals surface area contributed by atoms with Crippen LogP contribution >= 0.6 is 11.8 Å². The van der Waals surface area contributed by atoms with Gasteiger partial charge in [-0.15, -0.1) is 11.8 Å². The second-order valence-corrected chi connectivity index (χ2v) is 8.84. The molecule has 2 aromatic carbocycles. The number of thioether (sulfide) groups is 1. The molecule has 0 bridgehead atoms. The van der Waals surface area contributed by atoms with E-state index in [9.17, 15) is 4.79 Å². The summed E-state index contributed by atoms with van der Waals surface area (Å²) in [5, 5.41) is -0.0261. The average molecular weight is 426 g/mol. The minimum Gasteiger partial charge on any atom is -0.496 e. The molecule has 6 heteroatoms. The summed E-state index contributed by atoms with van der Waals surface area (Å²) in [7, 11) is 4.92. The molecule has 2 aliphatic rings. The summed E-state index contributed by atoms with van der Waals surface area (Å²) >= 11 is 1.70. The van der Waals surface area contributed by atoms with Gasteiger partial charge in [0, 0.05) is 30.1 Å². The first-order valence-electron chi connectivity index (χ1n) is 10.1. The lowest BCUT2D eigenvalue weighted by Gasteiger charge is -2.29. The molecule has 0 fully saturated rings. The van der Waals surface area contributed by atoms with Gasteiger partial charge < -0.3 is 19.1 Å². The van der Waals surface area contributed by atoms with Gasteiger partial charge in [0.2, 0.25) is 5.91 Å². The van der Waals surface area contributed by atoms with Crippen LogP contribution in [0.2, 0.25) is 0 Å². The predicted octanol–water partition coefficient (Wildman–Crippen LogP) is 4.35. The third-order valence-corrected chi connectivity index (χ3v) is 7.02. The molecule has 0 radical (unpaired) electrons. The normalized spacial score (nSPS) is 17.9. The lowest BCUT2D eigenvalue weighted by molar-refractivity contribution is -0.130. The Balaban J connectivity index is 1.51. The van der Waals surface area contributed by atoms with Crippen molar-refractivity contribution in [3.8, 4) is 17.2 Å². The Morgan fingerprint density at radius 3 is 2.40 bits per heavy atom. The summed E-state index contributed by atoms with van der Waals surface area (Å²) < 4.78 is 16.5. The molecule has 30 heavy (non-hydrogen) atoms. The molecule has 2 heterocycles. The van der Waals surface area contributed by atoms with Gasteiger partial charge in [0.25, 0.3) is 0 Å². The first-order chi connectivity index (χ1) is 14.5. The number of rotatable bonds is 5. The van der Waals surface area contributed by atoms with Crippen molar-refractivity contribution in [3.05, 3.63) is 53.1 Å². The molecular weight excluding hydrogens is 398 g/mol. The summed E-state index contributed by atoms with van der Waals surface area (Å²) in [6.07, 6.45) is 3.69. The maximum atomic E-state index is 13.1. The number of carbonyl (C=O) groups is 1. The van der Waals surface area contributed by atoms with E-state index in [0.717, 1.165) is 35.5 Å². The Bertz CT molecular complexity index is 976. The van der Waals surface area contributed by atoms with Gasteiger partial charge in [-0.2, -0.15) is 0 Å². The molecule has 0 saturated carbocycles. The molecule has 158 valence electrons. The number of aryl methyl sites for hydroxylation is 1. The van der Waals surface area contributed by atoms with Crippen molar-refractivity contribution in [2.75, 3.05) is 34.4 Å². The molecule has 0 spiro atoms. The van der Waals surface area contributed by atoms with Gasteiger partial charge >= 0.3 is 0 Å². The zero-order valence-corrected chi connectivity index (χ0v) is 18.7. The molecule has 2 aliphatic heterocycles. The summed E-state index contributed by atoms with van der Waals surface area (Å²) in [6.45, 7) is 3.38. The van der Waals surface area contributed by atoms with Crippen LogP contribution < -0.4 is 14.2 Å². The SMILES string of the molecule is COc1cc(OC)c(C2=CCN(C(=O)C3Cc4ccc(C)cc4S3)CC2)c(OC)c1. The Hall–Kier alpha value is -2.60. The van der Waals surface area contributed by atoms with Crippen molar-refractivity contribution in [2.24, 2.45) is 0 Å². The second-order valence-electron chi connectivity index (χ2n) is 7.59. The summed E-state index contributed by atoms with van der Waals surface area (Å²) in [5.74, 6) is 2.34. The average Bonchev–Trinajstić information content (AvgIpc) is 3.20. The highest BCUT2D eigenvalue weighted by Gasteiger charge is 2.32. The largest absolute Gasteiger partial charge is 0.496 e. The number of benzene rings is 2. The van der Waals surface area contributed by atoms with Crippen molar-refractivity contribution in [1.82, 2.24) is 4.90 Å². The minimum atomic E-state index is -0.0261. The minimum absolute atomic E-state index is 0.0261. The van der Waals surface area contributed by atoms with Crippen LogP contribution in [0.15, 0.2) is 41.3 Å². The standard InChI is InChI=1S/C24H27NO4S/c1-15-5-6-17-12-22(30-21(17)11-15)24(26)25-9-7-16(8-10-25)23-19(28-3)13-18(27-2)14-20(23)29-4/h5-7,11,13-14,22H,8-10,12H2,1-4H3. The predicted molar refractivity (Wildman–Crippen MR) is 120 cm³/mol. The number of carbonyl (C=O) groups excluding carboxylic acids is 1. The molecule has 0 saturated heterocycles. The van der Waals surface area contributed by atoms with E-state index in [1.54, 1.807) is 33.1 Å². The molecule has 1 unspecified atom stereocenters. The number of hydrogen-bond donors (Lipinski definition) is 0. The topological polar surface area (TPSA) is 48.0 Å². The fourth-order valence-corrected chi connectivity index (χ4v) is 5.47. The van der Waals surface area contributed by atoms with Gasteiger partial charge in [-0.25, -0.2) is 0 Å². The van der Waals surface area contributed by atoms with Gasteiger partial charge in [0.1, 0.15) is 17.2 Å². The molecule has 2 aromatic rings. The Morgan fingerprint density at radius 2 is 1.80 bits per heavy atom. The van der Waals surface area contributed by atoms with E-state index in [1.807, 2.05) is 17.0 Å². The van der Waals surface area contributed by atoms with E-state index >= 15 is 0 Å². The van der Waals surface area contributed by atoms with Crippen molar-refractivity contribution in [1.29, 1.82) is 0 Å². The van der Waals surface area contributed by atoms with Gasteiger partial charge in [0.15, 0.2) is 0 Å². The number of amides is 1. The highest BCUT2D eigenvalue weighted by atomic mass is 32.2. The summed E-state index contributed by atoms with van der Waals surface area (Å²) in [6, 6.07) is 10.2. The number of hydrogen-bond acceptors (Lipinski definition) is 5. The Kier molecular flexibility index (Phi) is 5.95. The van der Waals surface area contributed by atoms with Crippen LogP contribution in [0.5, 0.6) is 17.2 Å². The van der Waals surface area contributed by atoms with Crippen LogP contribution in [0.4, 0.5) is 0 Å². The van der Waals surface area contributed by atoms with Crippen LogP contribution in [0.25, 0.3) is 5.57 Å². The maximum absolute atomic E-state index is 13.1. The van der Waals surface area contributed by atoms with E-state index in [2.05, 4.69) is 31.2 Å². The third-order valence-electron chi connectivity index (χ3n) is 5.73. The second kappa shape index (κ2) is 8.64. The Labute approximate surface area is 182 Å². The van der Waals surface area contributed by atoms with E-state index < -0.39 is 0 Å². The van der Waals surface area contributed by atoms with Crippen LogP contribution in [-0.2, 0) is 11.2 Å². The highest BCUT2D eigenvalue weighted by Crippen LogP contribution is 2.42. The molecule has 1 amide bonds. The molecule has 0 N–H and O–H groups in total. The molecular formula is C24H27NO4S. The van der Waals surface area contributed by atoms with Crippen molar-refractivity contribution in [3.63, 3.8) is 0 Å². The maximum Gasteiger partial charge on any atom is 0.236 e. The quantitative estimate of drug-likeness (QED) is 0.713. The number of fused-ring (bicyclic) bond motifs is 1. The van der Waals surface area contributed by atoms with Crippen LogP contribution in [0.1, 0.15) is 23.1 Å². The highest BCUT2D eigenvalue weighted by molar-refractivity contribution is 8.01. The Morgan fingerprint density at radius 1 is 1.07 bits per heavy atom. The third kappa shape index (κ3) is 3.88. The molecule has 5 nitrogen and oxygen atoms in total. The van der Waals surface area contributed by atoms with Crippen LogP contribution in [0.3, 0.4) is 0 Å². The number of ether oxygens (including phenoxy) is 3. The lowest BCUT2D eigenvalue weighted by Crippen LogP contribution is -2.40. The zero-order chi connectivity index (χ0) is 21.3.